The van der Waals surface area contributed by atoms with Gasteiger partial charge in [-0.1, -0.05) is 39.7 Å². The molecule has 0 saturated heterocycles. The topological polar surface area (TPSA) is 35.8 Å². The summed E-state index contributed by atoms with van der Waals surface area (Å²) in [6.45, 7) is 2.04. The van der Waals surface area contributed by atoms with Gasteiger partial charge in [-0.3, -0.25) is 0 Å². The molecule has 2 aromatic rings. The largest absolute Gasteiger partial charge is 0.377 e. The Bertz CT molecular complexity index is 634. The lowest BCUT2D eigenvalue weighted by Crippen LogP contribution is -2.07. The van der Waals surface area contributed by atoms with E-state index in [-0.39, 0.29) is 6.04 Å². The maximum absolute atomic E-state index is 9.14. The minimum absolute atomic E-state index is 0.0759. The Morgan fingerprint density at radius 3 is 2.74 bits per heavy atom. The van der Waals surface area contributed by atoms with Gasteiger partial charge >= 0.3 is 0 Å². The van der Waals surface area contributed by atoms with Crippen molar-refractivity contribution in [1.82, 2.24) is 0 Å². The SMILES string of the molecule is CC(Nc1ccc(Br)cc1C#N)c1cccc(Cl)c1. The number of rotatable bonds is 3. The molecule has 4 heteroatoms. The van der Waals surface area contributed by atoms with E-state index in [0.29, 0.717) is 10.6 Å². The fourth-order valence-corrected chi connectivity index (χ4v) is 2.39. The van der Waals surface area contributed by atoms with Crippen LogP contribution in [0.2, 0.25) is 5.02 Å². The zero-order valence-electron chi connectivity index (χ0n) is 10.3. The molecule has 96 valence electrons. The summed E-state index contributed by atoms with van der Waals surface area (Å²) in [5, 5.41) is 13.2. The third-order valence-electron chi connectivity index (χ3n) is 2.82. The minimum Gasteiger partial charge on any atom is -0.377 e. The van der Waals surface area contributed by atoms with Gasteiger partial charge < -0.3 is 5.32 Å². The van der Waals surface area contributed by atoms with Gasteiger partial charge in [-0.2, -0.15) is 5.26 Å². The lowest BCUT2D eigenvalue weighted by Gasteiger charge is -2.17. The summed E-state index contributed by atoms with van der Waals surface area (Å²) in [5.74, 6) is 0. The first-order chi connectivity index (χ1) is 9.10. The molecule has 0 aliphatic heterocycles. The average Bonchev–Trinajstić information content (AvgIpc) is 2.40. The van der Waals surface area contributed by atoms with Gasteiger partial charge in [0.15, 0.2) is 0 Å². The van der Waals surface area contributed by atoms with Crippen LogP contribution in [0.5, 0.6) is 0 Å². The molecule has 1 atom stereocenters. The van der Waals surface area contributed by atoms with Crippen LogP contribution in [0.4, 0.5) is 5.69 Å². The van der Waals surface area contributed by atoms with Crippen molar-refractivity contribution in [1.29, 1.82) is 5.26 Å². The second-order valence-corrected chi connectivity index (χ2v) is 5.57. The van der Waals surface area contributed by atoms with Crippen molar-refractivity contribution in [2.75, 3.05) is 5.32 Å². The number of hydrogen-bond acceptors (Lipinski definition) is 2. The summed E-state index contributed by atoms with van der Waals surface area (Å²) in [6, 6.07) is 15.6. The minimum atomic E-state index is 0.0759. The van der Waals surface area contributed by atoms with Crippen LogP contribution in [0.1, 0.15) is 24.1 Å². The Balaban J connectivity index is 2.24. The van der Waals surface area contributed by atoms with Gasteiger partial charge in [0.1, 0.15) is 6.07 Å². The van der Waals surface area contributed by atoms with Crippen molar-refractivity contribution >= 4 is 33.2 Å². The summed E-state index contributed by atoms with van der Waals surface area (Å²) < 4.78 is 0.894. The van der Waals surface area contributed by atoms with Gasteiger partial charge in [-0.25, -0.2) is 0 Å². The molecule has 0 bridgehead atoms. The fourth-order valence-electron chi connectivity index (χ4n) is 1.83. The number of nitrogens with zero attached hydrogens (tertiary/aromatic N) is 1. The monoisotopic (exact) mass is 334 g/mol. The summed E-state index contributed by atoms with van der Waals surface area (Å²) in [6.07, 6.45) is 0. The van der Waals surface area contributed by atoms with E-state index in [0.717, 1.165) is 15.7 Å². The van der Waals surface area contributed by atoms with Crippen LogP contribution < -0.4 is 5.32 Å². The van der Waals surface area contributed by atoms with E-state index in [1.807, 2.05) is 43.3 Å². The van der Waals surface area contributed by atoms with Crippen molar-refractivity contribution < 1.29 is 0 Å². The molecule has 1 N–H and O–H groups in total. The van der Waals surface area contributed by atoms with Gasteiger partial charge in [-0.15, -0.1) is 0 Å². The van der Waals surface area contributed by atoms with Gasteiger partial charge in [0.2, 0.25) is 0 Å². The number of halogens is 2. The second kappa shape index (κ2) is 6.10. The Hall–Kier alpha value is -1.50. The molecule has 0 heterocycles. The first kappa shape index (κ1) is 13.9. The maximum atomic E-state index is 9.14. The molecule has 0 aliphatic carbocycles. The lowest BCUT2D eigenvalue weighted by molar-refractivity contribution is 0.884. The van der Waals surface area contributed by atoms with E-state index in [4.69, 9.17) is 16.9 Å². The molecule has 19 heavy (non-hydrogen) atoms. The highest BCUT2D eigenvalue weighted by Gasteiger charge is 2.09. The van der Waals surface area contributed by atoms with Crippen LogP contribution in [-0.2, 0) is 0 Å². The summed E-state index contributed by atoms with van der Waals surface area (Å²) in [5.41, 5.74) is 2.51. The molecule has 2 aromatic carbocycles. The number of nitriles is 1. The van der Waals surface area contributed by atoms with Crippen LogP contribution in [0.15, 0.2) is 46.9 Å². The normalized spacial score (nSPS) is 11.7. The zero-order chi connectivity index (χ0) is 13.8. The summed E-state index contributed by atoms with van der Waals surface area (Å²) in [4.78, 5) is 0. The van der Waals surface area contributed by atoms with Crippen molar-refractivity contribution in [2.24, 2.45) is 0 Å². The molecule has 0 amide bonds. The highest BCUT2D eigenvalue weighted by atomic mass is 79.9. The third kappa shape index (κ3) is 3.50. The van der Waals surface area contributed by atoms with Gasteiger partial charge in [0.05, 0.1) is 11.3 Å². The Kier molecular flexibility index (Phi) is 4.47. The van der Waals surface area contributed by atoms with Crippen LogP contribution >= 0.6 is 27.5 Å². The summed E-state index contributed by atoms with van der Waals surface area (Å²) >= 11 is 9.35. The molecule has 2 nitrogen and oxygen atoms in total. The first-order valence-corrected chi connectivity index (χ1v) is 6.99. The second-order valence-electron chi connectivity index (χ2n) is 4.22. The van der Waals surface area contributed by atoms with E-state index >= 15 is 0 Å². The molecule has 1 unspecified atom stereocenters. The molecule has 0 fully saturated rings. The van der Waals surface area contributed by atoms with Crippen LogP contribution in [0, 0.1) is 11.3 Å². The molecular weight excluding hydrogens is 324 g/mol. The standard InChI is InChI=1S/C15H12BrClN2/c1-10(11-3-2-4-14(17)8-11)19-15-6-5-13(16)7-12(15)9-18/h2-8,10,19H,1H3. The predicted octanol–water partition coefficient (Wildman–Crippen LogP) is 5.15. The number of benzene rings is 2. The zero-order valence-corrected chi connectivity index (χ0v) is 12.7. The van der Waals surface area contributed by atoms with E-state index in [9.17, 15) is 0 Å². The number of anilines is 1. The van der Waals surface area contributed by atoms with Gasteiger partial charge in [0, 0.05) is 15.5 Å². The Labute approximate surface area is 126 Å². The average molecular weight is 336 g/mol. The maximum Gasteiger partial charge on any atom is 0.101 e. The molecule has 0 spiro atoms. The quantitative estimate of drug-likeness (QED) is 0.842. The summed E-state index contributed by atoms with van der Waals surface area (Å²) in [7, 11) is 0. The van der Waals surface area contributed by atoms with Crippen molar-refractivity contribution in [3.05, 3.63) is 63.1 Å². The lowest BCUT2D eigenvalue weighted by atomic mass is 10.1. The molecular formula is C15H12BrClN2. The van der Waals surface area contributed by atoms with E-state index in [1.54, 1.807) is 6.07 Å². The van der Waals surface area contributed by atoms with E-state index in [2.05, 4.69) is 27.3 Å². The molecule has 0 aromatic heterocycles. The smallest absolute Gasteiger partial charge is 0.101 e. The Morgan fingerprint density at radius 2 is 2.05 bits per heavy atom. The van der Waals surface area contributed by atoms with Crippen molar-refractivity contribution in [3.63, 3.8) is 0 Å². The fraction of sp³-hybridized carbons (Fsp3) is 0.133. The Morgan fingerprint density at radius 1 is 1.26 bits per heavy atom. The molecule has 0 aliphatic rings. The number of hydrogen-bond donors (Lipinski definition) is 1. The molecule has 0 radical (unpaired) electrons. The van der Waals surface area contributed by atoms with Crippen molar-refractivity contribution in [3.8, 4) is 6.07 Å². The van der Waals surface area contributed by atoms with Crippen LogP contribution in [0.25, 0.3) is 0 Å². The highest BCUT2D eigenvalue weighted by molar-refractivity contribution is 9.10. The van der Waals surface area contributed by atoms with Crippen LogP contribution in [0.3, 0.4) is 0 Å². The first-order valence-electron chi connectivity index (χ1n) is 5.82. The number of nitrogens with one attached hydrogen (secondary N) is 1. The molecule has 2 rings (SSSR count). The van der Waals surface area contributed by atoms with E-state index in [1.165, 1.54) is 0 Å². The highest BCUT2D eigenvalue weighted by Crippen LogP contribution is 2.26. The van der Waals surface area contributed by atoms with Crippen LogP contribution in [-0.4, -0.2) is 0 Å². The molecule has 0 saturated carbocycles. The van der Waals surface area contributed by atoms with Gasteiger partial charge in [-0.05, 0) is 42.8 Å². The predicted molar refractivity (Wildman–Crippen MR) is 82.3 cm³/mol. The third-order valence-corrected chi connectivity index (χ3v) is 3.55. The van der Waals surface area contributed by atoms with Crippen molar-refractivity contribution in [2.45, 2.75) is 13.0 Å². The van der Waals surface area contributed by atoms with E-state index < -0.39 is 0 Å². The van der Waals surface area contributed by atoms with Gasteiger partial charge in [0.25, 0.3) is 0 Å².